The Morgan fingerprint density at radius 3 is 2.28 bits per heavy atom. The summed E-state index contributed by atoms with van der Waals surface area (Å²) in [5.74, 6) is 0.695. The van der Waals surface area contributed by atoms with Gasteiger partial charge in [-0.3, -0.25) is 4.90 Å². The molecule has 2 aliphatic rings. The standard InChI is InChI=1S/C20H32N4O/c1-16-13-23(14-17(2)25-16)15-19-8-6-18(7-9-19)12-22-20(21)24-10-4-3-5-11-24/h6-9,16-17H,3-5,10-15H2,1-2H3,(H2,21,22). The molecule has 2 atom stereocenters. The van der Waals surface area contributed by atoms with Gasteiger partial charge in [0.05, 0.1) is 18.8 Å². The first kappa shape index (κ1) is 18.2. The number of nitrogens with two attached hydrogens (primary N) is 1. The third kappa shape index (κ3) is 5.44. The molecule has 2 heterocycles. The maximum atomic E-state index is 6.13. The lowest BCUT2D eigenvalue weighted by Crippen LogP contribution is -2.44. The van der Waals surface area contributed by atoms with Crippen molar-refractivity contribution < 1.29 is 4.74 Å². The van der Waals surface area contributed by atoms with E-state index < -0.39 is 0 Å². The summed E-state index contributed by atoms with van der Waals surface area (Å²) in [6.45, 7) is 10.0. The molecule has 5 nitrogen and oxygen atoms in total. The number of morpholine rings is 1. The molecule has 2 aliphatic heterocycles. The summed E-state index contributed by atoms with van der Waals surface area (Å²) in [6.07, 6.45) is 4.39. The van der Waals surface area contributed by atoms with Crippen molar-refractivity contribution in [1.29, 1.82) is 0 Å². The van der Waals surface area contributed by atoms with Gasteiger partial charge in [0, 0.05) is 32.7 Å². The van der Waals surface area contributed by atoms with Crippen LogP contribution >= 0.6 is 0 Å². The molecule has 2 unspecified atom stereocenters. The zero-order valence-electron chi connectivity index (χ0n) is 15.7. The fourth-order valence-corrected chi connectivity index (χ4v) is 3.82. The van der Waals surface area contributed by atoms with E-state index in [2.05, 4.69) is 52.9 Å². The highest BCUT2D eigenvalue weighted by Gasteiger charge is 2.21. The molecular weight excluding hydrogens is 312 g/mol. The summed E-state index contributed by atoms with van der Waals surface area (Å²) in [4.78, 5) is 9.26. The first-order valence-electron chi connectivity index (χ1n) is 9.60. The highest BCUT2D eigenvalue weighted by Crippen LogP contribution is 2.15. The van der Waals surface area contributed by atoms with E-state index in [0.29, 0.717) is 24.7 Å². The zero-order chi connectivity index (χ0) is 17.6. The van der Waals surface area contributed by atoms with Crippen molar-refractivity contribution >= 4 is 5.96 Å². The second-order valence-electron chi connectivity index (χ2n) is 7.49. The van der Waals surface area contributed by atoms with Gasteiger partial charge in [0.25, 0.3) is 0 Å². The minimum atomic E-state index is 0.315. The van der Waals surface area contributed by atoms with Crippen molar-refractivity contribution in [3.8, 4) is 0 Å². The Bertz CT molecular complexity index is 556. The maximum absolute atomic E-state index is 6.13. The molecular formula is C20H32N4O. The molecule has 1 aromatic rings. The Morgan fingerprint density at radius 1 is 1.04 bits per heavy atom. The average molecular weight is 345 g/mol. The number of aliphatic imine (C=N–C) groups is 1. The van der Waals surface area contributed by atoms with Crippen LogP contribution in [0.1, 0.15) is 44.2 Å². The predicted molar refractivity (Wildman–Crippen MR) is 102 cm³/mol. The van der Waals surface area contributed by atoms with Crippen LogP contribution in [0.4, 0.5) is 0 Å². The molecule has 138 valence electrons. The molecule has 0 aromatic heterocycles. The molecule has 2 N–H and O–H groups in total. The molecule has 1 aromatic carbocycles. The van der Waals surface area contributed by atoms with E-state index in [0.717, 1.165) is 32.7 Å². The number of nitrogens with zero attached hydrogens (tertiary/aromatic N) is 3. The van der Waals surface area contributed by atoms with Gasteiger partial charge in [-0.25, -0.2) is 4.99 Å². The minimum absolute atomic E-state index is 0.315. The monoisotopic (exact) mass is 344 g/mol. The quantitative estimate of drug-likeness (QED) is 0.674. The molecule has 0 amide bonds. The van der Waals surface area contributed by atoms with Crippen LogP contribution in [-0.2, 0) is 17.8 Å². The van der Waals surface area contributed by atoms with Gasteiger partial charge >= 0.3 is 0 Å². The van der Waals surface area contributed by atoms with E-state index in [9.17, 15) is 0 Å². The van der Waals surface area contributed by atoms with Crippen LogP contribution in [-0.4, -0.2) is 54.1 Å². The summed E-state index contributed by atoms with van der Waals surface area (Å²) in [6, 6.07) is 8.78. The predicted octanol–water partition coefficient (Wildman–Crippen LogP) is 2.60. The Hall–Kier alpha value is -1.59. The SMILES string of the molecule is CC1CN(Cc2ccc(CN=C(N)N3CCCCC3)cc2)CC(C)O1. The van der Waals surface area contributed by atoms with E-state index in [-0.39, 0.29) is 0 Å². The maximum Gasteiger partial charge on any atom is 0.191 e. The van der Waals surface area contributed by atoms with E-state index in [1.165, 1.54) is 30.4 Å². The van der Waals surface area contributed by atoms with Gasteiger partial charge in [0.15, 0.2) is 5.96 Å². The van der Waals surface area contributed by atoms with Crippen molar-refractivity contribution in [3.63, 3.8) is 0 Å². The highest BCUT2D eigenvalue weighted by molar-refractivity contribution is 5.78. The van der Waals surface area contributed by atoms with E-state index >= 15 is 0 Å². The van der Waals surface area contributed by atoms with E-state index in [1.807, 2.05) is 0 Å². The van der Waals surface area contributed by atoms with Gasteiger partial charge in [-0.1, -0.05) is 24.3 Å². The third-order valence-corrected chi connectivity index (χ3v) is 5.03. The lowest BCUT2D eigenvalue weighted by molar-refractivity contribution is -0.0704. The van der Waals surface area contributed by atoms with Crippen LogP contribution in [0.3, 0.4) is 0 Å². The van der Waals surface area contributed by atoms with E-state index in [1.54, 1.807) is 0 Å². The molecule has 0 spiro atoms. The van der Waals surface area contributed by atoms with Crippen LogP contribution in [0.25, 0.3) is 0 Å². The summed E-state index contributed by atoms with van der Waals surface area (Å²) in [5, 5.41) is 0. The Balaban J connectivity index is 1.51. The number of likely N-dealkylation sites (tertiary alicyclic amines) is 1. The van der Waals surface area contributed by atoms with Gasteiger partial charge < -0.3 is 15.4 Å². The smallest absolute Gasteiger partial charge is 0.191 e. The molecule has 0 radical (unpaired) electrons. The molecule has 25 heavy (non-hydrogen) atoms. The summed E-state index contributed by atoms with van der Waals surface area (Å²) >= 11 is 0. The number of guanidine groups is 1. The topological polar surface area (TPSA) is 54.1 Å². The van der Waals surface area contributed by atoms with Crippen molar-refractivity contribution in [2.24, 2.45) is 10.7 Å². The van der Waals surface area contributed by atoms with Gasteiger partial charge in [-0.05, 0) is 44.2 Å². The van der Waals surface area contributed by atoms with Gasteiger partial charge in [-0.15, -0.1) is 0 Å². The summed E-state index contributed by atoms with van der Waals surface area (Å²) in [5.41, 5.74) is 8.69. The molecule has 0 saturated carbocycles. The Morgan fingerprint density at radius 2 is 1.64 bits per heavy atom. The van der Waals surface area contributed by atoms with Crippen LogP contribution in [0.5, 0.6) is 0 Å². The van der Waals surface area contributed by atoms with Crippen molar-refractivity contribution in [3.05, 3.63) is 35.4 Å². The zero-order valence-corrected chi connectivity index (χ0v) is 15.7. The molecule has 0 aliphatic carbocycles. The van der Waals surface area contributed by atoms with Gasteiger partial charge in [0.1, 0.15) is 0 Å². The molecule has 3 rings (SSSR count). The number of hydrogen-bond acceptors (Lipinski definition) is 3. The summed E-state index contributed by atoms with van der Waals surface area (Å²) in [7, 11) is 0. The van der Waals surface area contributed by atoms with Crippen LogP contribution in [0.15, 0.2) is 29.3 Å². The van der Waals surface area contributed by atoms with Crippen LogP contribution < -0.4 is 5.73 Å². The number of rotatable bonds is 4. The van der Waals surface area contributed by atoms with Gasteiger partial charge in [-0.2, -0.15) is 0 Å². The number of hydrogen-bond donors (Lipinski definition) is 1. The Kier molecular flexibility index (Phi) is 6.32. The van der Waals surface area contributed by atoms with Gasteiger partial charge in [0.2, 0.25) is 0 Å². The average Bonchev–Trinajstić information content (AvgIpc) is 2.61. The normalized spacial score (nSPS) is 26.0. The highest BCUT2D eigenvalue weighted by atomic mass is 16.5. The van der Waals surface area contributed by atoms with Crippen molar-refractivity contribution in [1.82, 2.24) is 9.80 Å². The van der Waals surface area contributed by atoms with Crippen LogP contribution in [0, 0.1) is 0 Å². The van der Waals surface area contributed by atoms with Crippen LogP contribution in [0.2, 0.25) is 0 Å². The largest absolute Gasteiger partial charge is 0.373 e. The molecule has 5 heteroatoms. The second-order valence-corrected chi connectivity index (χ2v) is 7.49. The molecule has 0 bridgehead atoms. The van der Waals surface area contributed by atoms with Crippen molar-refractivity contribution in [2.45, 2.75) is 58.4 Å². The fourth-order valence-electron chi connectivity index (χ4n) is 3.82. The first-order valence-corrected chi connectivity index (χ1v) is 9.60. The second kappa shape index (κ2) is 8.68. The third-order valence-electron chi connectivity index (χ3n) is 5.03. The first-order chi connectivity index (χ1) is 12.1. The number of piperidine rings is 1. The lowest BCUT2D eigenvalue weighted by Gasteiger charge is -2.35. The van der Waals surface area contributed by atoms with Crippen molar-refractivity contribution in [2.75, 3.05) is 26.2 Å². The molecule has 2 fully saturated rings. The molecule has 2 saturated heterocycles. The lowest BCUT2D eigenvalue weighted by atomic mass is 10.1. The fraction of sp³-hybridized carbons (Fsp3) is 0.650. The number of benzene rings is 1. The number of ether oxygens (including phenoxy) is 1. The van der Waals surface area contributed by atoms with E-state index in [4.69, 9.17) is 10.5 Å². The minimum Gasteiger partial charge on any atom is -0.373 e. The summed E-state index contributed by atoms with van der Waals surface area (Å²) < 4.78 is 5.81. The Labute approximate surface area is 151 Å².